The van der Waals surface area contributed by atoms with Gasteiger partial charge in [0, 0.05) is 6.04 Å². The SMILES string of the molecule is CC[C@H](C)NC(=O)c1ccccc1NC(=O)CN(c1ccc(C)c(C)c1)S(=O)(=O)c1ccccc1. The van der Waals surface area contributed by atoms with Gasteiger partial charge in [-0.15, -0.1) is 0 Å². The van der Waals surface area contributed by atoms with Crippen LogP contribution in [0.5, 0.6) is 0 Å². The van der Waals surface area contributed by atoms with Gasteiger partial charge in [0.25, 0.3) is 15.9 Å². The lowest BCUT2D eigenvalue weighted by atomic mass is 10.1. The maximum atomic E-state index is 13.5. The van der Waals surface area contributed by atoms with E-state index in [1.165, 1.54) is 12.1 Å². The predicted octanol–water partition coefficient (Wildman–Crippen LogP) is 4.67. The Morgan fingerprint density at radius 2 is 1.57 bits per heavy atom. The van der Waals surface area contributed by atoms with Crippen LogP contribution in [0.25, 0.3) is 0 Å². The third kappa shape index (κ3) is 6.27. The van der Waals surface area contributed by atoms with Crippen LogP contribution in [0.3, 0.4) is 0 Å². The van der Waals surface area contributed by atoms with E-state index in [4.69, 9.17) is 0 Å². The summed E-state index contributed by atoms with van der Waals surface area (Å²) >= 11 is 0. The molecule has 0 fully saturated rings. The van der Waals surface area contributed by atoms with Crippen molar-refractivity contribution >= 4 is 33.2 Å². The number of carbonyl (C=O) groups excluding carboxylic acids is 2. The maximum Gasteiger partial charge on any atom is 0.264 e. The second-order valence-electron chi connectivity index (χ2n) is 8.47. The molecule has 0 aromatic heterocycles. The molecule has 0 aliphatic heterocycles. The highest BCUT2D eigenvalue weighted by atomic mass is 32.2. The summed E-state index contributed by atoms with van der Waals surface area (Å²) in [6.45, 7) is 7.23. The Morgan fingerprint density at radius 1 is 0.914 bits per heavy atom. The fraction of sp³-hybridized carbons (Fsp3) is 0.259. The van der Waals surface area contributed by atoms with Crippen LogP contribution < -0.4 is 14.9 Å². The molecule has 0 spiro atoms. The van der Waals surface area contributed by atoms with Gasteiger partial charge in [-0.3, -0.25) is 13.9 Å². The van der Waals surface area contributed by atoms with Crippen molar-refractivity contribution in [2.24, 2.45) is 0 Å². The van der Waals surface area contributed by atoms with E-state index >= 15 is 0 Å². The molecule has 0 saturated heterocycles. The summed E-state index contributed by atoms with van der Waals surface area (Å²) < 4.78 is 28.1. The lowest BCUT2D eigenvalue weighted by molar-refractivity contribution is -0.114. The van der Waals surface area contributed by atoms with Gasteiger partial charge < -0.3 is 10.6 Å². The quantitative estimate of drug-likeness (QED) is 0.453. The minimum Gasteiger partial charge on any atom is -0.350 e. The summed E-state index contributed by atoms with van der Waals surface area (Å²) in [5.74, 6) is -0.871. The molecule has 1 atom stereocenters. The standard InChI is InChI=1S/C27H31N3O4S/c1-5-21(4)28-27(32)24-13-9-10-14-25(24)29-26(31)18-30(22-16-15-19(2)20(3)17-22)35(33,34)23-11-7-6-8-12-23/h6-17,21H,5,18H2,1-4H3,(H,28,32)(H,29,31)/t21-/m0/s1. The molecule has 0 aliphatic carbocycles. The number of benzene rings is 3. The van der Waals surface area contributed by atoms with Gasteiger partial charge in [-0.1, -0.05) is 43.3 Å². The lowest BCUT2D eigenvalue weighted by Crippen LogP contribution is -2.38. The van der Waals surface area contributed by atoms with Gasteiger partial charge in [0.2, 0.25) is 5.91 Å². The van der Waals surface area contributed by atoms with E-state index in [-0.39, 0.29) is 16.8 Å². The molecule has 35 heavy (non-hydrogen) atoms. The molecule has 3 aromatic rings. The van der Waals surface area contributed by atoms with Crippen LogP contribution in [0, 0.1) is 13.8 Å². The van der Waals surface area contributed by atoms with Gasteiger partial charge in [-0.25, -0.2) is 8.42 Å². The highest BCUT2D eigenvalue weighted by Gasteiger charge is 2.28. The number of amides is 2. The van der Waals surface area contributed by atoms with E-state index in [0.717, 1.165) is 21.9 Å². The Hall–Kier alpha value is -3.65. The molecular weight excluding hydrogens is 462 g/mol. The van der Waals surface area contributed by atoms with Crippen LogP contribution in [0.4, 0.5) is 11.4 Å². The van der Waals surface area contributed by atoms with E-state index in [9.17, 15) is 18.0 Å². The first-order valence-corrected chi connectivity index (χ1v) is 12.9. The first kappa shape index (κ1) is 26.0. The van der Waals surface area contributed by atoms with Crippen LogP contribution in [0.15, 0.2) is 77.7 Å². The van der Waals surface area contributed by atoms with Gasteiger partial charge in [0.05, 0.1) is 21.8 Å². The Morgan fingerprint density at radius 3 is 2.23 bits per heavy atom. The Balaban J connectivity index is 1.93. The molecule has 7 nitrogen and oxygen atoms in total. The molecule has 2 amide bonds. The van der Waals surface area contributed by atoms with Crippen LogP contribution in [-0.2, 0) is 14.8 Å². The molecular formula is C27H31N3O4S. The molecule has 184 valence electrons. The number of anilines is 2. The summed E-state index contributed by atoms with van der Waals surface area (Å²) in [5, 5.41) is 5.61. The van der Waals surface area contributed by atoms with E-state index < -0.39 is 22.5 Å². The number of carbonyl (C=O) groups is 2. The van der Waals surface area contributed by atoms with Gasteiger partial charge >= 0.3 is 0 Å². The second-order valence-corrected chi connectivity index (χ2v) is 10.3. The number of aryl methyl sites for hydroxylation is 2. The average molecular weight is 494 g/mol. The fourth-order valence-electron chi connectivity index (χ4n) is 3.43. The van der Waals surface area contributed by atoms with Gasteiger partial charge in [0.15, 0.2) is 0 Å². The highest BCUT2D eigenvalue weighted by Crippen LogP contribution is 2.26. The molecule has 0 radical (unpaired) electrons. The number of hydrogen-bond acceptors (Lipinski definition) is 4. The van der Waals surface area contributed by atoms with Crippen molar-refractivity contribution in [3.63, 3.8) is 0 Å². The predicted molar refractivity (Wildman–Crippen MR) is 139 cm³/mol. The van der Waals surface area contributed by atoms with Crippen molar-refractivity contribution in [1.29, 1.82) is 0 Å². The minimum absolute atomic E-state index is 0.0254. The fourth-order valence-corrected chi connectivity index (χ4v) is 4.86. The molecule has 0 saturated carbocycles. The largest absolute Gasteiger partial charge is 0.350 e. The maximum absolute atomic E-state index is 13.5. The molecule has 3 rings (SSSR count). The average Bonchev–Trinajstić information content (AvgIpc) is 2.85. The monoisotopic (exact) mass is 493 g/mol. The normalized spacial score (nSPS) is 12.0. The second kappa shape index (κ2) is 11.2. The van der Waals surface area contributed by atoms with Crippen LogP contribution in [0.2, 0.25) is 0 Å². The molecule has 0 bridgehead atoms. The van der Waals surface area contributed by atoms with Crippen molar-refractivity contribution in [2.45, 2.75) is 45.1 Å². The Labute approximate surface area is 207 Å². The van der Waals surface area contributed by atoms with E-state index in [1.807, 2.05) is 33.8 Å². The summed E-state index contributed by atoms with van der Waals surface area (Å²) in [7, 11) is -4.02. The van der Waals surface area contributed by atoms with Gasteiger partial charge in [0.1, 0.15) is 6.54 Å². The Kier molecular flexibility index (Phi) is 8.30. The summed E-state index contributed by atoms with van der Waals surface area (Å²) in [5.41, 5.74) is 2.93. The van der Waals surface area contributed by atoms with Crippen molar-refractivity contribution in [3.8, 4) is 0 Å². The Bertz CT molecular complexity index is 1310. The zero-order chi connectivity index (χ0) is 25.6. The zero-order valence-electron chi connectivity index (χ0n) is 20.4. The third-order valence-corrected chi connectivity index (χ3v) is 7.62. The van der Waals surface area contributed by atoms with Crippen molar-refractivity contribution < 1.29 is 18.0 Å². The molecule has 2 N–H and O–H groups in total. The van der Waals surface area contributed by atoms with Crippen LogP contribution in [-0.4, -0.2) is 32.8 Å². The topological polar surface area (TPSA) is 95.6 Å². The smallest absolute Gasteiger partial charge is 0.264 e. The number of nitrogens with one attached hydrogen (secondary N) is 2. The first-order chi connectivity index (χ1) is 16.6. The molecule has 8 heteroatoms. The van der Waals surface area contributed by atoms with Gasteiger partial charge in [-0.05, 0) is 74.7 Å². The van der Waals surface area contributed by atoms with E-state index in [0.29, 0.717) is 16.9 Å². The van der Waals surface area contributed by atoms with E-state index in [1.54, 1.807) is 54.6 Å². The lowest BCUT2D eigenvalue weighted by Gasteiger charge is -2.25. The summed E-state index contributed by atoms with van der Waals surface area (Å²) in [6, 6.07) is 19.9. The molecule has 3 aromatic carbocycles. The number of hydrogen-bond donors (Lipinski definition) is 2. The van der Waals surface area contributed by atoms with Crippen molar-refractivity contribution in [2.75, 3.05) is 16.2 Å². The summed E-state index contributed by atoms with van der Waals surface area (Å²) in [4.78, 5) is 25.9. The number of nitrogens with zero attached hydrogens (tertiary/aromatic N) is 1. The van der Waals surface area contributed by atoms with Gasteiger partial charge in [-0.2, -0.15) is 0 Å². The van der Waals surface area contributed by atoms with Crippen LogP contribution >= 0.6 is 0 Å². The molecule has 0 aliphatic rings. The third-order valence-electron chi connectivity index (χ3n) is 5.83. The van der Waals surface area contributed by atoms with Crippen molar-refractivity contribution in [3.05, 3.63) is 89.5 Å². The van der Waals surface area contributed by atoms with E-state index in [2.05, 4.69) is 10.6 Å². The number of rotatable bonds is 9. The number of sulfonamides is 1. The zero-order valence-corrected chi connectivity index (χ0v) is 21.2. The van der Waals surface area contributed by atoms with Crippen LogP contribution in [0.1, 0.15) is 41.8 Å². The number of para-hydroxylation sites is 1. The molecule has 0 unspecified atom stereocenters. The molecule has 0 heterocycles. The van der Waals surface area contributed by atoms with Crippen molar-refractivity contribution in [1.82, 2.24) is 5.32 Å². The minimum atomic E-state index is -4.02. The first-order valence-electron chi connectivity index (χ1n) is 11.5. The highest BCUT2D eigenvalue weighted by molar-refractivity contribution is 7.92. The summed E-state index contributed by atoms with van der Waals surface area (Å²) in [6.07, 6.45) is 0.766.